The van der Waals surface area contributed by atoms with E-state index in [4.69, 9.17) is 9.15 Å². The van der Waals surface area contributed by atoms with Crippen LogP contribution in [0.4, 0.5) is 0 Å². The van der Waals surface area contributed by atoms with Crippen molar-refractivity contribution in [2.24, 2.45) is 0 Å². The first kappa shape index (κ1) is 15.8. The molecule has 1 saturated heterocycles. The van der Waals surface area contributed by atoms with Gasteiger partial charge in [-0.25, -0.2) is 0 Å². The molecule has 1 unspecified atom stereocenters. The number of H-pyrrole nitrogens is 1. The third-order valence-corrected chi connectivity index (χ3v) is 4.42. The molecule has 4 rings (SSSR count). The summed E-state index contributed by atoms with van der Waals surface area (Å²) < 4.78 is 11.3. The van der Waals surface area contributed by atoms with Crippen molar-refractivity contribution in [3.05, 3.63) is 47.8 Å². The first-order chi connectivity index (χ1) is 12.1. The molecular formula is C18H20N4O3. The summed E-state index contributed by atoms with van der Waals surface area (Å²) in [6.45, 7) is 5.33. The van der Waals surface area contributed by atoms with Gasteiger partial charge in [-0.05, 0) is 24.3 Å². The van der Waals surface area contributed by atoms with Crippen molar-refractivity contribution in [2.75, 3.05) is 19.8 Å². The molecule has 0 saturated carbocycles. The van der Waals surface area contributed by atoms with Crippen LogP contribution in [0.25, 0.3) is 10.9 Å². The molecule has 7 heteroatoms. The minimum Gasteiger partial charge on any atom is -0.423 e. The van der Waals surface area contributed by atoms with E-state index in [0.717, 1.165) is 10.9 Å². The number of carbonyl (C=O) groups is 1. The summed E-state index contributed by atoms with van der Waals surface area (Å²) >= 11 is 0. The number of morpholine rings is 1. The van der Waals surface area contributed by atoms with Gasteiger partial charge < -0.3 is 19.0 Å². The number of nitrogens with one attached hydrogen (secondary N) is 1. The van der Waals surface area contributed by atoms with Gasteiger partial charge in [0, 0.05) is 35.1 Å². The Hall–Kier alpha value is -2.67. The summed E-state index contributed by atoms with van der Waals surface area (Å²) in [4.78, 5) is 18.0. The number of nitrogens with zero attached hydrogens (tertiary/aromatic N) is 3. The molecule has 1 atom stereocenters. The van der Waals surface area contributed by atoms with Crippen LogP contribution in [-0.2, 0) is 4.74 Å². The number of amides is 1. The zero-order chi connectivity index (χ0) is 17.4. The second-order valence-corrected chi connectivity index (χ2v) is 6.50. The molecule has 3 aromatic rings. The Morgan fingerprint density at radius 3 is 3.00 bits per heavy atom. The zero-order valence-corrected chi connectivity index (χ0v) is 14.2. The van der Waals surface area contributed by atoms with E-state index >= 15 is 0 Å². The Labute approximate surface area is 145 Å². The zero-order valence-electron chi connectivity index (χ0n) is 14.2. The van der Waals surface area contributed by atoms with Gasteiger partial charge in [0.1, 0.15) is 6.04 Å². The lowest BCUT2D eigenvalue weighted by Gasteiger charge is -2.33. The van der Waals surface area contributed by atoms with Gasteiger partial charge in [-0.2, -0.15) is 0 Å². The number of hydrogen-bond donors (Lipinski definition) is 1. The van der Waals surface area contributed by atoms with Crippen LogP contribution in [0.2, 0.25) is 0 Å². The number of rotatable bonds is 3. The first-order valence-electron chi connectivity index (χ1n) is 8.42. The lowest BCUT2D eigenvalue weighted by Crippen LogP contribution is -2.43. The van der Waals surface area contributed by atoms with Crippen molar-refractivity contribution in [1.82, 2.24) is 20.1 Å². The third kappa shape index (κ3) is 2.91. The largest absolute Gasteiger partial charge is 0.423 e. The fourth-order valence-corrected chi connectivity index (χ4v) is 3.02. The van der Waals surface area contributed by atoms with E-state index in [2.05, 4.69) is 15.2 Å². The van der Waals surface area contributed by atoms with Gasteiger partial charge in [0.15, 0.2) is 0 Å². The maximum Gasteiger partial charge on any atom is 0.254 e. The normalized spacial score (nSPS) is 18.2. The minimum atomic E-state index is -0.358. The van der Waals surface area contributed by atoms with Crippen molar-refractivity contribution in [3.8, 4) is 0 Å². The molecule has 1 N–H and O–H groups in total. The fourth-order valence-electron chi connectivity index (χ4n) is 3.02. The third-order valence-electron chi connectivity index (χ3n) is 4.42. The molecule has 7 nitrogen and oxygen atoms in total. The number of ether oxygens (including phenoxy) is 1. The van der Waals surface area contributed by atoms with Crippen LogP contribution in [0.1, 0.15) is 47.9 Å². The summed E-state index contributed by atoms with van der Waals surface area (Å²) in [6, 6.07) is 7.25. The molecule has 1 aliphatic heterocycles. The van der Waals surface area contributed by atoms with E-state index in [0.29, 0.717) is 37.1 Å². The number of fused-ring (bicyclic) bond motifs is 1. The van der Waals surface area contributed by atoms with Crippen LogP contribution >= 0.6 is 0 Å². The number of carbonyl (C=O) groups excluding carboxylic acids is 1. The summed E-state index contributed by atoms with van der Waals surface area (Å²) in [5.41, 5.74) is 1.65. The maximum atomic E-state index is 13.1. The molecule has 0 spiro atoms. The monoisotopic (exact) mass is 340 g/mol. The van der Waals surface area contributed by atoms with Gasteiger partial charge in [0.05, 0.1) is 13.2 Å². The van der Waals surface area contributed by atoms with Gasteiger partial charge in [-0.15, -0.1) is 10.2 Å². The van der Waals surface area contributed by atoms with Crippen LogP contribution in [0.5, 0.6) is 0 Å². The van der Waals surface area contributed by atoms with Gasteiger partial charge in [0.2, 0.25) is 11.8 Å². The number of benzene rings is 1. The quantitative estimate of drug-likeness (QED) is 0.792. The first-order valence-corrected chi connectivity index (χ1v) is 8.42. The fraction of sp³-hybridized carbons (Fsp3) is 0.389. The Balaban J connectivity index is 1.64. The second-order valence-electron chi connectivity index (χ2n) is 6.50. The lowest BCUT2D eigenvalue weighted by atomic mass is 10.1. The molecule has 1 aliphatic rings. The van der Waals surface area contributed by atoms with E-state index in [1.54, 1.807) is 4.90 Å². The minimum absolute atomic E-state index is 0.0549. The van der Waals surface area contributed by atoms with Crippen LogP contribution in [0.3, 0.4) is 0 Å². The smallest absolute Gasteiger partial charge is 0.254 e. The maximum absolute atomic E-state index is 13.1. The highest BCUT2D eigenvalue weighted by molar-refractivity contribution is 5.98. The molecule has 130 valence electrons. The molecule has 0 bridgehead atoms. The highest BCUT2D eigenvalue weighted by Gasteiger charge is 2.33. The van der Waals surface area contributed by atoms with Crippen LogP contribution in [0.15, 0.2) is 34.9 Å². The van der Waals surface area contributed by atoms with Crippen molar-refractivity contribution in [1.29, 1.82) is 0 Å². The predicted molar refractivity (Wildman–Crippen MR) is 91.3 cm³/mol. The van der Waals surface area contributed by atoms with Crippen molar-refractivity contribution < 1.29 is 13.9 Å². The number of hydrogen-bond acceptors (Lipinski definition) is 5. The SMILES string of the molecule is CC(C)c1nnc(C2COCCN2C(=O)c2ccc3[nH]ccc3c2)o1. The van der Waals surface area contributed by atoms with E-state index in [-0.39, 0.29) is 17.9 Å². The molecule has 1 fully saturated rings. The van der Waals surface area contributed by atoms with E-state index in [9.17, 15) is 4.79 Å². The molecule has 0 radical (unpaired) electrons. The van der Waals surface area contributed by atoms with Crippen LogP contribution in [-0.4, -0.2) is 45.7 Å². The van der Waals surface area contributed by atoms with E-state index in [1.807, 2.05) is 44.3 Å². The van der Waals surface area contributed by atoms with E-state index in [1.165, 1.54) is 0 Å². The highest BCUT2D eigenvalue weighted by atomic mass is 16.5. The Bertz CT molecular complexity index is 899. The number of aromatic nitrogens is 3. The molecule has 1 amide bonds. The van der Waals surface area contributed by atoms with Gasteiger partial charge in [-0.3, -0.25) is 4.79 Å². The molecule has 0 aliphatic carbocycles. The average Bonchev–Trinajstić information content (AvgIpc) is 3.29. The topological polar surface area (TPSA) is 84.3 Å². The molecule has 25 heavy (non-hydrogen) atoms. The Morgan fingerprint density at radius 2 is 2.20 bits per heavy atom. The van der Waals surface area contributed by atoms with Gasteiger partial charge >= 0.3 is 0 Å². The Kier molecular flexibility index (Phi) is 4.01. The van der Waals surface area contributed by atoms with Crippen molar-refractivity contribution in [2.45, 2.75) is 25.8 Å². The lowest BCUT2D eigenvalue weighted by molar-refractivity contribution is -0.0107. The van der Waals surface area contributed by atoms with Crippen LogP contribution < -0.4 is 0 Å². The molecular weight excluding hydrogens is 320 g/mol. The highest BCUT2D eigenvalue weighted by Crippen LogP contribution is 2.27. The van der Waals surface area contributed by atoms with Gasteiger partial charge in [0.25, 0.3) is 5.91 Å². The summed E-state index contributed by atoms with van der Waals surface area (Å²) in [6.07, 6.45) is 1.86. The average molecular weight is 340 g/mol. The molecule has 2 aromatic heterocycles. The van der Waals surface area contributed by atoms with Crippen molar-refractivity contribution in [3.63, 3.8) is 0 Å². The van der Waals surface area contributed by atoms with Crippen LogP contribution in [0, 0.1) is 0 Å². The molecule has 3 heterocycles. The van der Waals surface area contributed by atoms with Crippen molar-refractivity contribution >= 4 is 16.8 Å². The summed E-state index contributed by atoms with van der Waals surface area (Å²) in [5, 5.41) is 9.22. The standard InChI is InChI=1S/C18H20N4O3/c1-11(2)16-20-21-17(25-16)15-10-24-8-7-22(15)18(23)13-3-4-14-12(9-13)5-6-19-14/h3-6,9,11,15,19H,7-8,10H2,1-2H3. The predicted octanol–water partition coefficient (Wildman–Crippen LogP) is 2.89. The summed E-state index contributed by atoms with van der Waals surface area (Å²) in [5.74, 6) is 1.09. The van der Waals surface area contributed by atoms with Gasteiger partial charge in [-0.1, -0.05) is 13.8 Å². The number of aromatic amines is 1. The van der Waals surface area contributed by atoms with E-state index < -0.39 is 0 Å². The Morgan fingerprint density at radius 1 is 1.32 bits per heavy atom. The molecule has 1 aromatic carbocycles. The second kappa shape index (κ2) is 6.33. The summed E-state index contributed by atoms with van der Waals surface area (Å²) in [7, 11) is 0.